The van der Waals surface area contributed by atoms with Gasteiger partial charge in [0, 0.05) is 27.7 Å². The summed E-state index contributed by atoms with van der Waals surface area (Å²) >= 11 is 3.44. The summed E-state index contributed by atoms with van der Waals surface area (Å²) in [7, 11) is 0. The minimum Gasteiger partial charge on any atom is -0.459 e. The number of nitrogens with one attached hydrogen (secondary N) is 2. The molecular weight excluding hydrogens is 420 g/mol. The molecule has 0 aliphatic rings. The summed E-state index contributed by atoms with van der Waals surface area (Å²) in [5, 5.41) is 5.71. The summed E-state index contributed by atoms with van der Waals surface area (Å²) in [5.74, 6) is -0.260. The molecule has 1 heterocycles. The van der Waals surface area contributed by atoms with Crippen molar-refractivity contribution in [2.24, 2.45) is 0 Å². The first-order valence-corrected chi connectivity index (χ1v) is 9.64. The second-order valence-corrected chi connectivity index (χ2v) is 8.00. The molecule has 1 aromatic heterocycles. The molecule has 6 heteroatoms. The Kier molecular flexibility index (Phi) is 5.99. The Morgan fingerprint density at radius 1 is 0.964 bits per heavy atom. The molecule has 2 amide bonds. The molecule has 0 unspecified atom stereocenters. The second kappa shape index (κ2) is 8.44. The van der Waals surface area contributed by atoms with Crippen molar-refractivity contribution in [1.29, 1.82) is 0 Å². The van der Waals surface area contributed by atoms with Crippen LogP contribution in [0.5, 0.6) is 0 Å². The van der Waals surface area contributed by atoms with Crippen molar-refractivity contribution in [3.8, 4) is 0 Å². The third-order valence-corrected chi connectivity index (χ3v) is 5.00. The molecule has 28 heavy (non-hydrogen) atoms. The van der Waals surface area contributed by atoms with E-state index in [1.54, 1.807) is 36.4 Å². The molecule has 0 aliphatic heterocycles. The first-order valence-electron chi connectivity index (χ1n) is 8.84. The number of carbonyl (C=O) groups excluding carboxylic acids is 2. The number of halogens is 1. The number of rotatable bonds is 6. The minimum atomic E-state index is -0.335. The average molecular weight is 441 g/mol. The Morgan fingerprint density at radius 2 is 1.64 bits per heavy atom. The summed E-state index contributed by atoms with van der Waals surface area (Å²) in [5.41, 5.74) is 2.07. The molecule has 3 rings (SSSR count). The van der Waals surface area contributed by atoms with Crippen molar-refractivity contribution in [2.45, 2.75) is 19.3 Å². The summed E-state index contributed by atoms with van der Waals surface area (Å²) in [6, 6.07) is 18.1. The molecule has 0 aliphatic carbocycles. The largest absolute Gasteiger partial charge is 0.459 e. The highest BCUT2D eigenvalue weighted by Gasteiger charge is 2.21. The Morgan fingerprint density at radius 3 is 2.25 bits per heavy atom. The fourth-order valence-corrected chi connectivity index (χ4v) is 2.98. The van der Waals surface area contributed by atoms with Crippen molar-refractivity contribution in [3.05, 3.63) is 88.3 Å². The molecule has 0 fully saturated rings. The number of carbonyl (C=O) groups is 2. The van der Waals surface area contributed by atoms with E-state index < -0.39 is 0 Å². The van der Waals surface area contributed by atoms with Crippen LogP contribution in [-0.2, 0) is 5.41 Å². The van der Waals surface area contributed by atoms with Gasteiger partial charge in [-0.3, -0.25) is 9.59 Å². The lowest BCUT2D eigenvalue weighted by molar-refractivity contribution is 0.0945. The van der Waals surface area contributed by atoms with Crippen LogP contribution in [0, 0.1) is 0 Å². The summed E-state index contributed by atoms with van der Waals surface area (Å²) in [6.45, 7) is 4.68. The zero-order chi connectivity index (χ0) is 20.1. The van der Waals surface area contributed by atoms with Crippen LogP contribution in [0.4, 0.5) is 5.69 Å². The van der Waals surface area contributed by atoms with Gasteiger partial charge in [-0.1, -0.05) is 41.9 Å². The Balaban J connectivity index is 1.58. The lowest BCUT2D eigenvalue weighted by atomic mass is 9.84. The van der Waals surface area contributed by atoms with Gasteiger partial charge in [-0.15, -0.1) is 0 Å². The zero-order valence-electron chi connectivity index (χ0n) is 15.7. The second-order valence-electron chi connectivity index (χ2n) is 7.08. The predicted octanol–water partition coefficient (Wildman–Crippen LogP) is 5.00. The smallest absolute Gasteiger partial charge is 0.291 e. The maximum atomic E-state index is 12.5. The van der Waals surface area contributed by atoms with Crippen molar-refractivity contribution in [3.63, 3.8) is 0 Å². The van der Waals surface area contributed by atoms with E-state index in [0.29, 0.717) is 17.8 Å². The first-order chi connectivity index (χ1) is 13.3. The Bertz CT molecular complexity index is 946. The normalized spacial score (nSPS) is 11.1. The molecule has 0 radical (unpaired) electrons. The third kappa shape index (κ3) is 4.89. The van der Waals surface area contributed by atoms with Crippen LogP contribution in [0.2, 0.25) is 0 Å². The molecule has 5 nitrogen and oxygen atoms in total. The van der Waals surface area contributed by atoms with Crippen LogP contribution in [0.25, 0.3) is 0 Å². The van der Waals surface area contributed by atoms with Gasteiger partial charge in [0.25, 0.3) is 11.8 Å². The van der Waals surface area contributed by atoms with Gasteiger partial charge < -0.3 is 15.1 Å². The zero-order valence-corrected chi connectivity index (χ0v) is 17.2. The number of hydrogen-bond donors (Lipinski definition) is 2. The van der Waals surface area contributed by atoms with Gasteiger partial charge in [-0.2, -0.15) is 0 Å². The van der Waals surface area contributed by atoms with E-state index in [9.17, 15) is 9.59 Å². The van der Waals surface area contributed by atoms with E-state index >= 15 is 0 Å². The monoisotopic (exact) mass is 440 g/mol. The van der Waals surface area contributed by atoms with Gasteiger partial charge in [0.15, 0.2) is 5.76 Å². The van der Waals surface area contributed by atoms with Gasteiger partial charge in [0.2, 0.25) is 0 Å². The molecule has 0 bridgehead atoms. The highest BCUT2D eigenvalue weighted by molar-refractivity contribution is 9.10. The van der Waals surface area contributed by atoms with E-state index in [2.05, 4.69) is 40.4 Å². The van der Waals surface area contributed by atoms with Crippen molar-refractivity contribution >= 4 is 33.4 Å². The predicted molar refractivity (Wildman–Crippen MR) is 113 cm³/mol. The van der Waals surface area contributed by atoms with Crippen LogP contribution < -0.4 is 10.6 Å². The average Bonchev–Trinajstić information content (AvgIpc) is 3.22. The lowest BCUT2D eigenvalue weighted by Crippen LogP contribution is -2.36. The van der Waals surface area contributed by atoms with Crippen LogP contribution >= 0.6 is 15.9 Å². The molecular formula is C22H21BrN2O3. The van der Waals surface area contributed by atoms with Gasteiger partial charge in [0.05, 0.1) is 6.26 Å². The van der Waals surface area contributed by atoms with Gasteiger partial charge in [0.1, 0.15) is 0 Å². The molecule has 0 atom stereocenters. The molecule has 3 aromatic rings. The van der Waals surface area contributed by atoms with E-state index in [1.807, 2.05) is 24.3 Å². The van der Waals surface area contributed by atoms with E-state index in [-0.39, 0.29) is 23.0 Å². The van der Waals surface area contributed by atoms with Gasteiger partial charge >= 0.3 is 0 Å². The molecule has 0 saturated heterocycles. The van der Waals surface area contributed by atoms with Crippen LogP contribution in [-0.4, -0.2) is 18.4 Å². The maximum absolute atomic E-state index is 12.5. The summed E-state index contributed by atoms with van der Waals surface area (Å²) in [4.78, 5) is 24.5. The molecule has 2 aromatic carbocycles. The van der Waals surface area contributed by atoms with Gasteiger partial charge in [-0.05, 0) is 54.1 Å². The Labute approximate surface area is 172 Å². The van der Waals surface area contributed by atoms with Crippen molar-refractivity contribution in [1.82, 2.24) is 5.32 Å². The molecule has 144 valence electrons. The number of hydrogen-bond acceptors (Lipinski definition) is 3. The van der Waals surface area contributed by atoms with E-state index in [1.165, 1.54) is 6.26 Å². The number of furan rings is 1. The van der Waals surface area contributed by atoms with Crippen molar-refractivity contribution in [2.75, 3.05) is 11.9 Å². The molecule has 0 saturated carbocycles. The first kappa shape index (κ1) is 19.9. The lowest BCUT2D eigenvalue weighted by Gasteiger charge is -2.25. The maximum Gasteiger partial charge on any atom is 0.291 e. The van der Waals surface area contributed by atoms with E-state index in [4.69, 9.17) is 4.42 Å². The molecule has 0 spiro atoms. The fourth-order valence-electron chi connectivity index (χ4n) is 2.71. The minimum absolute atomic E-state index is 0.158. The fraction of sp³-hybridized carbons (Fsp3) is 0.182. The highest BCUT2D eigenvalue weighted by Crippen LogP contribution is 2.24. The number of benzene rings is 2. The topological polar surface area (TPSA) is 71.3 Å². The summed E-state index contributed by atoms with van der Waals surface area (Å²) < 4.78 is 6.08. The SMILES string of the molecule is CC(C)(CNC(=O)c1ccc(NC(=O)c2ccco2)cc1)c1ccc(Br)cc1. The number of anilines is 1. The molecule has 2 N–H and O–H groups in total. The van der Waals surface area contributed by atoms with E-state index in [0.717, 1.165) is 10.0 Å². The van der Waals surface area contributed by atoms with Crippen molar-refractivity contribution < 1.29 is 14.0 Å². The van der Waals surface area contributed by atoms with Crippen LogP contribution in [0.1, 0.15) is 40.3 Å². The quantitative estimate of drug-likeness (QED) is 0.566. The number of amides is 2. The third-order valence-electron chi connectivity index (χ3n) is 4.47. The van der Waals surface area contributed by atoms with Gasteiger partial charge in [-0.25, -0.2) is 0 Å². The Hall–Kier alpha value is -2.86. The van der Waals surface area contributed by atoms with Crippen LogP contribution in [0.15, 0.2) is 75.8 Å². The van der Waals surface area contributed by atoms with Crippen LogP contribution in [0.3, 0.4) is 0 Å². The highest BCUT2D eigenvalue weighted by atomic mass is 79.9. The summed E-state index contributed by atoms with van der Waals surface area (Å²) in [6.07, 6.45) is 1.44. The standard InChI is InChI=1S/C22H21BrN2O3/c1-22(2,16-7-9-17(23)10-8-16)14-24-20(26)15-5-11-18(12-6-15)25-21(27)19-4-3-13-28-19/h3-13H,14H2,1-2H3,(H,24,26)(H,25,27).